The second-order valence-corrected chi connectivity index (χ2v) is 4.36. The number of rotatable bonds is 2. The van der Waals surface area contributed by atoms with Gasteiger partial charge in [0.1, 0.15) is 0 Å². The van der Waals surface area contributed by atoms with Crippen LogP contribution in [-0.2, 0) is 0 Å². The Hall–Kier alpha value is -0.480. The van der Waals surface area contributed by atoms with E-state index < -0.39 is 0 Å². The molecule has 0 aromatic heterocycles. The fourth-order valence-corrected chi connectivity index (χ4v) is 1.99. The summed E-state index contributed by atoms with van der Waals surface area (Å²) in [5.41, 5.74) is 0. The maximum absolute atomic E-state index is 3.45. The monoisotopic (exact) mass is 193 g/mol. The van der Waals surface area contributed by atoms with Crippen LogP contribution in [0.5, 0.6) is 0 Å². The Morgan fingerprint density at radius 3 is 2.64 bits per heavy atom. The first-order chi connectivity index (χ1) is 6.69. The van der Waals surface area contributed by atoms with Crippen molar-refractivity contribution in [3.05, 3.63) is 0 Å². The van der Waals surface area contributed by atoms with Gasteiger partial charge in [-0.3, -0.25) is 4.90 Å². The van der Waals surface area contributed by atoms with E-state index in [9.17, 15) is 0 Å². The topological polar surface area (TPSA) is 3.24 Å². The van der Waals surface area contributed by atoms with E-state index in [4.69, 9.17) is 0 Å². The first-order valence-electron chi connectivity index (χ1n) is 5.94. The fourth-order valence-electron chi connectivity index (χ4n) is 1.99. The third kappa shape index (κ3) is 2.75. The molecule has 1 nitrogen and oxygen atoms in total. The zero-order valence-electron chi connectivity index (χ0n) is 10.0. The summed E-state index contributed by atoms with van der Waals surface area (Å²) in [5, 5.41) is 0. The molecule has 80 valence electrons. The summed E-state index contributed by atoms with van der Waals surface area (Å²) in [7, 11) is 0. The Kier molecular flexibility index (Phi) is 4.48. The molecule has 0 aromatic carbocycles. The third-order valence-corrected chi connectivity index (χ3v) is 3.42. The van der Waals surface area contributed by atoms with Crippen molar-refractivity contribution in [1.29, 1.82) is 0 Å². The first kappa shape index (κ1) is 11.6. The highest BCUT2D eigenvalue weighted by molar-refractivity contribution is 5.10. The minimum Gasteiger partial charge on any atom is -0.300 e. The van der Waals surface area contributed by atoms with E-state index in [1.54, 1.807) is 0 Å². The van der Waals surface area contributed by atoms with Crippen molar-refractivity contribution in [3.8, 4) is 11.8 Å². The lowest BCUT2D eigenvalue weighted by Gasteiger charge is -2.20. The van der Waals surface area contributed by atoms with E-state index >= 15 is 0 Å². The van der Waals surface area contributed by atoms with Crippen LogP contribution in [-0.4, -0.2) is 24.0 Å². The predicted octanol–water partition coefficient (Wildman–Crippen LogP) is 2.77. The highest BCUT2D eigenvalue weighted by Crippen LogP contribution is 2.22. The van der Waals surface area contributed by atoms with E-state index in [0.717, 1.165) is 0 Å². The summed E-state index contributed by atoms with van der Waals surface area (Å²) < 4.78 is 0. The van der Waals surface area contributed by atoms with Gasteiger partial charge < -0.3 is 0 Å². The van der Waals surface area contributed by atoms with Crippen molar-refractivity contribution in [2.75, 3.05) is 13.1 Å². The molecule has 0 bridgehead atoms. The van der Waals surface area contributed by atoms with Crippen LogP contribution >= 0.6 is 0 Å². The van der Waals surface area contributed by atoms with E-state index in [2.05, 4.69) is 44.4 Å². The molecule has 0 aliphatic carbocycles. The molecule has 1 saturated heterocycles. The van der Waals surface area contributed by atoms with E-state index in [-0.39, 0.29) is 0 Å². The molecule has 0 aromatic rings. The summed E-state index contributed by atoms with van der Waals surface area (Å²) >= 11 is 0. The zero-order valence-corrected chi connectivity index (χ0v) is 10.0. The van der Waals surface area contributed by atoms with Crippen LogP contribution in [0.15, 0.2) is 0 Å². The normalized spacial score (nSPS) is 29.7. The minimum atomic E-state index is 0.567. The van der Waals surface area contributed by atoms with Crippen molar-refractivity contribution >= 4 is 0 Å². The Labute approximate surface area is 88.9 Å². The third-order valence-electron chi connectivity index (χ3n) is 3.42. The van der Waals surface area contributed by atoms with Crippen LogP contribution in [0, 0.1) is 23.7 Å². The fraction of sp³-hybridized carbons (Fsp3) is 0.846. The molecule has 0 N–H and O–H groups in total. The smallest absolute Gasteiger partial charge is 0.0368 e. The summed E-state index contributed by atoms with van der Waals surface area (Å²) in [5.74, 6) is 8.01. The highest BCUT2D eigenvalue weighted by atomic mass is 15.2. The lowest BCUT2D eigenvalue weighted by atomic mass is 10.0. The van der Waals surface area contributed by atoms with Gasteiger partial charge >= 0.3 is 0 Å². The molecular weight excluding hydrogens is 170 g/mol. The Morgan fingerprint density at radius 1 is 1.43 bits per heavy atom. The molecule has 14 heavy (non-hydrogen) atoms. The average molecular weight is 193 g/mol. The molecule has 1 aliphatic rings. The van der Waals surface area contributed by atoms with Crippen molar-refractivity contribution in [3.63, 3.8) is 0 Å². The van der Waals surface area contributed by atoms with Gasteiger partial charge in [-0.05, 0) is 32.9 Å². The van der Waals surface area contributed by atoms with Crippen molar-refractivity contribution < 1.29 is 0 Å². The van der Waals surface area contributed by atoms with Gasteiger partial charge in [-0.1, -0.05) is 32.6 Å². The van der Waals surface area contributed by atoms with E-state index in [1.807, 2.05) is 0 Å². The molecule has 1 aliphatic heterocycles. The predicted molar refractivity (Wildman–Crippen MR) is 62.0 cm³/mol. The molecule has 3 unspecified atom stereocenters. The SMILES string of the molecule is CCC(C)C#CC1CCN(CC)C1C. The number of likely N-dealkylation sites (tertiary alicyclic amines) is 1. The van der Waals surface area contributed by atoms with Crippen LogP contribution in [0.25, 0.3) is 0 Å². The molecule has 0 amide bonds. The maximum Gasteiger partial charge on any atom is 0.0368 e. The summed E-state index contributed by atoms with van der Waals surface area (Å²) in [6.07, 6.45) is 2.43. The molecule has 0 saturated carbocycles. The van der Waals surface area contributed by atoms with Gasteiger partial charge in [0, 0.05) is 17.9 Å². The van der Waals surface area contributed by atoms with Crippen LogP contribution in [0.2, 0.25) is 0 Å². The van der Waals surface area contributed by atoms with Gasteiger partial charge in [-0.15, -0.1) is 0 Å². The quantitative estimate of drug-likeness (QED) is 0.610. The van der Waals surface area contributed by atoms with Gasteiger partial charge in [0.15, 0.2) is 0 Å². The van der Waals surface area contributed by atoms with Gasteiger partial charge in [0.2, 0.25) is 0 Å². The summed E-state index contributed by atoms with van der Waals surface area (Å²) in [4.78, 5) is 2.52. The highest BCUT2D eigenvalue weighted by Gasteiger charge is 2.27. The molecule has 1 fully saturated rings. The second-order valence-electron chi connectivity index (χ2n) is 4.36. The van der Waals surface area contributed by atoms with Crippen LogP contribution < -0.4 is 0 Å². The van der Waals surface area contributed by atoms with Crippen LogP contribution in [0.3, 0.4) is 0 Å². The molecule has 3 atom stereocenters. The van der Waals surface area contributed by atoms with E-state index in [0.29, 0.717) is 17.9 Å². The lowest BCUT2D eigenvalue weighted by Crippen LogP contribution is -2.29. The maximum atomic E-state index is 3.45. The van der Waals surface area contributed by atoms with Crippen molar-refractivity contribution in [1.82, 2.24) is 4.90 Å². The zero-order chi connectivity index (χ0) is 10.6. The molecule has 1 heterocycles. The summed E-state index contributed by atoms with van der Waals surface area (Å²) in [6, 6.07) is 0.663. The molecule has 0 radical (unpaired) electrons. The average Bonchev–Trinajstić information content (AvgIpc) is 2.56. The first-order valence-corrected chi connectivity index (χ1v) is 5.94. The van der Waals surface area contributed by atoms with Gasteiger partial charge in [0.05, 0.1) is 0 Å². The lowest BCUT2D eigenvalue weighted by molar-refractivity contribution is 0.270. The number of hydrogen-bond donors (Lipinski definition) is 0. The van der Waals surface area contributed by atoms with Crippen LogP contribution in [0.1, 0.15) is 40.5 Å². The largest absolute Gasteiger partial charge is 0.300 e. The van der Waals surface area contributed by atoms with Gasteiger partial charge in [0.25, 0.3) is 0 Å². The van der Waals surface area contributed by atoms with Gasteiger partial charge in [-0.2, -0.15) is 0 Å². The van der Waals surface area contributed by atoms with E-state index in [1.165, 1.54) is 25.9 Å². The number of nitrogens with zero attached hydrogens (tertiary/aromatic N) is 1. The number of hydrogen-bond acceptors (Lipinski definition) is 1. The Bertz CT molecular complexity index is 223. The molecule has 0 spiro atoms. The molecular formula is C13H23N. The Balaban J connectivity index is 2.49. The van der Waals surface area contributed by atoms with Crippen molar-refractivity contribution in [2.24, 2.45) is 11.8 Å². The standard InChI is InChI=1S/C13H23N/c1-5-11(3)7-8-13-9-10-14(6-2)12(13)4/h11-13H,5-6,9-10H2,1-4H3. The van der Waals surface area contributed by atoms with Crippen molar-refractivity contribution in [2.45, 2.75) is 46.6 Å². The van der Waals surface area contributed by atoms with Crippen LogP contribution in [0.4, 0.5) is 0 Å². The second kappa shape index (κ2) is 5.41. The minimum absolute atomic E-state index is 0.567. The molecule has 1 rings (SSSR count). The van der Waals surface area contributed by atoms with Gasteiger partial charge in [-0.25, -0.2) is 0 Å². The molecule has 1 heteroatoms. The summed E-state index contributed by atoms with van der Waals surface area (Å²) in [6.45, 7) is 11.4. The Morgan fingerprint density at radius 2 is 2.14 bits per heavy atom.